The first-order valence-corrected chi connectivity index (χ1v) is 10.1. The minimum Gasteiger partial charge on any atom is -0.487 e. The van der Waals surface area contributed by atoms with E-state index in [1.54, 1.807) is 53.8 Å². The molecule has 0 bridgehead atoms. The van der Waals surface area contributed by atoms with Gasteiger partial charge >= 0.3 is 0 Å². The van der Waals surface area contributed by atoms with Crippen molar-refractivity contribution in [3.8, 4) is 17.2 Å². The second-order valence-electron chi connectivity index (χ2n) is 6.48. The van der Waals surface area contributed by atoms with Gasteiger partial charge in [-0.1, -0.05) is 18.2 Å². The van der Waals surface area contributed by atoms with E-state index in [-0.39, 0.29) is 6.61 Å². The van der Waals surface area contributed by atoms with E-state index in [0.29, 0.717) is 29.4 Å². The summed E-state index contributed by atoms with van der Waals surface area (Å²) < 4.78 is 16.8. The number of hydrogen-bond donors (Lipinski definition) is 2. The van der Waals surface area contributed by atoms with Crippen molar-refractivity contribution in [1.29, 1.82) is 0 Å². The minimum atomic E-state index is -0.864. The lowest BCUT2D eigenvalue weighted by Crippen LogP contribution is -2.50. The van der Waals surface area contributed by atoms with E-state index >= 15 is 0 Å². The Morgan fingerprint density at radius 3 is 2.80 bits per heavy atom. The molecular formula is C21H19N3O5S. The monoisotopic (exact) mass is 425 g/mol. The van der Waals surface area contributed by atoms with Gasteiger partial charge in [-0.3, -0.25) is 20.4 Å². The number of carbonyl (C=O) groups is 2. The van der Waals surface area contributed by atoms with Crippen molar-refractivity contribution in [3.05, 3.63) is 70.2 Å². The maximum atomic E-state index is 12.4. The molecule has 2 aromatic carbocycles. The fourth-order valence-corrected chi connectivity index (χ4v) is 3.38. The average Bonchev–Trinajstić information content (AvgIpc) is 3.20. The number of hydrazine groups is 1. The van der Waals surface area contributed by atoms with Gasteiger partial charge < -0.3 is 14.2 Å². The Morgan fingerprint density at radius 1 is 1.17 bits per heavy atom. The van der Waals surface area contributed by atoms with Crippen LogP contribution >= 0.6 is 11.3 Å². The largest absolute Gasteiger partial charge is 0.487 e. The molecule has 1 aliphatic rings. The molecule has 2 N–H and O–H groups in total. The fraction of sp³-hybridized carbons (Fsp3) is 0.190. The minimum absolute atomic E-state index is 0.0537. The summed E-state index contributed by atoms with van der Waals surface area (Å²) in [6.07, 6.45) is -0.864. The molecule has 30 heavy (non-hydrogen) atoms. The Balaban J connectivity index is 1.30. The number of para-hydroxylation sites is 2. The van der Waals surface area contributed by atoms with E-state index in [0.717, 1.165) is 10.7 Å². The maximum Gasteiger partial charge on any atom is 0.283 e. The first kappa shape index (κ1) is 19.7. The van der Waals surface area contributed by atoms with Crippen LogP contribution in [0.4, 0.5) is 0 Å². The van der Waals surface area contributed by atoms with Crippen molar-refractivity contribution in [2.24, 2.45) is 0 Å². The number of aryl methyl sites for hydroxylation is 1. The molecule has 0 fully saturated rings. The molecule has 1 aromatic heterocycles. The van der Waals surface area contributed by atoms with E-state index in [1.807, 2.05) is 18.4 Å². The molecule has 1 unspecified atom stereocenters. The van der Waals surface area contributed by atoms with Crippen molar-refractivity contribution in [2.75, 3.05) is 6.61 Å². The van der Waals surface area contributed by atoms with Crippen LogP contribution in [-0.4, -0.2) is 29.5 Å². The van der Waals surface area contributed by atoms with E-state index in [2.05, 4.69) is 15.8 Å². The Kier molecular flexibility index (Phi) is 5.80. The third kappa shape index (κ3) is 4.69. The van der Waals surface area contributed by atoms with E-state index in [1.165, 1.54) is 0 Å². The van der Waals surface area contributed by atoms with Gasteiger partial charge in [-0.25, -0.2) is 4.98 Å². The first-order valence-electron chi connectivity index (χ1n) is 9.21. The molecule has 154 valence electrons. The topological polar surface area (TPSA) is 98.8 Å². The zero-order valence-electron chi connectivity index (χ0n) is 16.1. The molecule has 0 radical (unpaired) electrons. The van der Waals surface area contributed by atoms with Gasteiger partial charge in [-0.2, -0.15) is 0 Å². The lowest BCUT2D eigenvalue weighted by Gasteiger charge is -2.25. The SMILES string of the molecule is Cc1nc(COc2cccc(C(=O)NNC(=O)C3COc4ccccc4O3)c2)cs1. The van der Waals surface area contributed by atoms with Crippen molar-refractivity contribution in [1.82, 2.24) is 15.8 Å². The van der Waals surface area contributed by atoms with E-state index in [9.17, 15) is 9.59 Å². The number of aromatic nitrogens is 1. The number of ether oxygens (including phenoxy) is 3. The Labute approximate surface area is 176 Å². The lowest BCUT2D eigenvalue weighted by atomic mass is 10.2. The molecule has 2 amide bonds. The Bertz CT molecular complexity index is 1070. The lowest BCUT2D eigenvalue weighted by molar-refractivity contribution is -0.131. The third-order valence-corrected chi connectivity index (χ3v) is 5.07. The van der Waals surface area contributed by atoms with Gasteiger partial charge in [0.2, 0.25) is 6.10 Å². The highest BCUT2D eigenvalue weighted by Gasteiger charge is 2.27. The normalized spacial score (nSPS) is 14.6. The van der Waals surface area contributed by atoms with Crippen LogP contribution in [0.2, 0.25) is 0 Å². The van der Waals surface area contributed by atoms with Crippen LogP contribution in [0, 0.1) is 6.92 Å². The summed E-state index contributed by atoms with van der Waals surface area (Å²) in [6.45, 7) is 2.29. The van der Waals surface area contributed by atoms with Crippen LogP contribution in [0.25, 0.3) is 0 Å². The van der Waals surface area contributed by atoms with Gasteiger partial charge in [-0.05, 0) is 37.3 Å². The molecule has 1 aliphatic heterocycles. The van der Waals surface area contributed by atoms with Gasteiger partial charge in [0.15, 0.2) is 11.5 Å². The van der Waals surface area contributed by atoms with Gasteiger partial charge in [0.25, 0.3) is 11.8 Å². The van der Waals surface area contributed by atoms with Crippen molar-refractivity contribution in [2.45, 2.75) is 19.6 Å². The van der Waals surface area contributed by atoms with Crippen LogP contribution in [-0.2, 0) is 11.4 Å². The number of amides is 2. The molecule has 8 nitrogen and oxygen atoms in total. The highest BCUT2D eigenvalue weighted by atomic mass is 32.1. The maximum absolute atomic E-state index is 12.4. The molecule has 2 heterocycles. The second kappa shape index (κ2) is 8.83. The molecular weight excluding hydrogens is 406 g/mol. The van der Waals surface area contributed by atoms with Crippen molar-refractivity contribution >= 4 is 23.2 Å². The molecule has 4 rings (SSSR count). The molecule has 3 aromatic rings. The number of hydrogen-bond acceptors (Lipinski definition) is 7. The number of nitrogens with one attached hydrogen (secondary N) is 2. The molecule has 1 atom stereocenters. The first-order chi connectivity index (χ1) is 14.6. The summed E-state index contributed by atoms with van der Waals surface area (Å²) >= 11 is 1.55. The summed E-state index contributed by atoms with van der Waals surface area (Å²) in [7, 11) is 0. The van der Waals surface area contributed by atoms with Crippen molar-refractivity contribution in [3.63, 3.8) is 0 Å². The molecule has 0 saturated heterocycles. The zero-order chi connectivity index (χ0) is 20.9. The quantitative estimate of drug-likeness (QED) is 0.610. The zero-order valence-corrected chi connectivity index (χ0v) is 16.9. The summed E-state index contributed by atoms with van der Waals surface area (Å²) in [4.78, 5) is 29.0. The summed E-state index contributed by atoms with van der Waals surface area (Å²) in [6, 6.07) is 13.7. The van der Waals surface area contributed by atoms with Gasteiger partial charge in [0.05, 0.1) is 10.7 Å². The number of nitrogens with zero attached hydrogens (tertiary/aromatic N) is 1. The fourth-order valence-electron chi connectivity index (χ4n) is 2.78. The number of carbonyl (C=O) groups excluding carboxylic acids is 2. The van der Waals surface area contributed by atoms with E-state index < -0.39 is 17.9 Å². The summed E-state index contributed by atoms with van der Waals surface area (Å²) in [5, 5.41) is 2.89. The third-order valence-electron chi connectivity index (χ3n) is 4.25. The van der Waals surface area contributed by atoms with Crippen LogP contribution in [0.15, 0.2) is 53.9 Å². The van der Waals surface area contributed by atoms with Crippen LogP contribution in [0.5, 0.6) is 17.2 Å². The highest BCUT2D eigenvalue weighted by Crippen LogP contribution is 2.30. The Morgan fingerprint density at radius 2 is 2.00 bits per heavy atom. The molecule has 9 heteroatoms. The molecule has 0 spiro atoms. The number of fused-ring (bicyclic) bond motifs is 1. The van der Waals surface area contributed by atoms with Gasteiger partial charge in [0, 0.05) is 10.9 Å². The predicted octanol–water partition coefficient (Wildman–Crippen LogP) is 2.63. The summed E-state index contributed by atoms with van der Waals surface area (Å²) in [5.74, 6) is 0.602. The molecule has 0 aliphatic carbocycles. The van der Waals surface area contributed by atoms with Crippen LogP contribution in [0.3, 0.4) is 0 Å². The van der Waals surface area contributed by atoms with Gasteiger partial charge in [-0.15, -0.1) is 11.3 Å². The van der Waals surface area contributed by atoms with Crippen LogP contribution < -0.4 is 25.1 Å². The van der Waals surface area contributed by atoms with Gasteiger partial charge in [0.1, 0.15) is 19.0 Å². The second-order valence-corrected chi connectivity index (χ2v) is 7.54. The van der Waals surface area contributed by atoms with E-state index in [4.69, 9.17) is 14.2 Å². The molecule has 0 saturated carbocycles. The standard InChI is InChI=1S/C21H19N3O5S/c1-13-22-15(12-30-13)10-27-16-6-4-5-14(9-16)20(25)23-24-21(26)19-11-28-17-7-2-3-8-18(17)29-19/h2-9,12,19H,10-11H2,1H3,(H,23,25)(H,24,26). The van der Waals surface area contributed by atoms with Crippen LogP contribution in [0.1, 0.15) is 21.1 Å². The number of thiazole rings is 1. The average molecular weight is 425 g/mol. The summed E-state index contributed by atoms with van der Waals surface area (Å²) in [5.41, 5.74) is 5.92. The van der Waals surface area contributed by atoms with Crippen molar-refractivity contribution < 1.29 is 23.8 Å². The highest BCUT2D eigenvalue weighted by molar-refractivity contribution is 7.09. The smallest absolute Gasteiger partial charge is 0.283 e. The predicted molar refractivity (Wildman–Crippen MR) is 110 cm³/mol. The Hall–Kier alpha value is -3.59. The number of benzene rings is 2. The number of rotatable bonds is 5.